The number of imidazole rings is 1. The number of aromatic nitrogens is 2. The van der Waals surface area contributed by atoms with Gasteiger partial charge in [0.2, 0.25) is 0 Å². The quantitative estimate of drug-likeness (QED) is 0.322. The lowest BCUT2D eigenvalue weighted by Crippen LogP contribution is -2.43. The van der Waals surface area contributed by atoms with E-state index in [4.69, 9.17) is 27.1 Å². The first kappa shape index (κ1) is 28.2. The molecule has 0 atom stereocenters. The molecule has 0 saturated heterocycles. The fourth-order valence-electron chi connectivity index (χ4n) is 5.60. The van der Waals surface area contributed by atoms with Crippen LogP contribution in [-0.4, -0.2) is 56.2 Å². The van der Waals surface area contributed by atoms with Gasteiger partial charge in [-0.3, -0.25) is 14.5 Å². The molecule has 1 aromatic heterocycles. The van der Waals surface area contributed by atoms with Crippen LogP contribution in [0.1, 0.15) is 50.3 Å². The first-order valence-corrected chi connectivity index (χ1v) is 14.3. The average Bonchev–Trinajstić information content (AvgIpc) is 3.50. The van der Waals surface area contributed by atoms with Crippen molar-refractivity contribution >= 4 is 35.3 Å². The number of hydrogen-bond acceptors (Lipinski definition) is 7. The third kappa shape index (κ3) is 4.93. The topological polar surface area (TPSA) is 123 Å². The van der Waals surface area contributed by atoms with Crippen molar-refractivity contribution in [2.24, 2.45) is 10.7 Å². The van der Waals surface area contributed by atoms with Crippen molar-refractivity contribution in [2.75, 3.05) is 13.2 Å². The molecule has 6 rings (SSSR count). The lowest BCUT2D eigenvalue weighted by molar-refractivity contribution is -0.130. The van der Waals surface area contributed by atoms with E-state index in [0.29, 0.717) is 24.5 Å². The second-order valence-electron chi connectivity index (χ2n) is 10.3. The molecule has 2 aliphatic heterocycles. The Hall–Kier alpha value is -4.96. The number of rotatable bonds is 7. The molecule has 0 unspecified atom stereocenters. The van der Waals surface area contributed by atoms with Gasteiger partial charge in [0.25, 0.3) is 11.8 Å². The van der Waals surface area contributed by atoms with E-state index in [9.17, 15) is 14.4 Å². The van der Waals surface area contributed by atoms with Crippen LogP contribution in [-0.2, 0) is 34.7 Å². The number of guanidine groups is 1. The molecule has 10 nitrogen and oxygen atoms in total. The Morgan fingerprint density at radius 1 is 0.977 bits per heavy atom. The summed E-state index contributed by atoms with van der Waals surface area (Å²) in [4.78, 5) is 52.2. The zero-order chi connectivity index (χ0) is 30.1. The number of aliphatic imine (C=N–C) groups is 1. The Morgan fingerprint density at radius 3 is 2.30 bits per heavy atom. The van der Waals surface area contributed by atoms with Gasteiger partial charge in [-0.05, 0) is 35.7 Å². The second kappa shape index (κ2) is 11.4. The molecule has 2 N–H and O–H groups in total. The van der Waals surface area contributed by atoms with E-state index < -0.39 is 11.5 Å². The molecule has 43 heavy (non-hydrogen) atoms. The van der Waals surface area contributed by atoms with Crippen LogP contribution in [0, 0.1) is 0 Å². The van der Waals surface area contributed by atoms with Crippen LogP contribution < -0.4 is 5.73 Å². The van der Waals surface area contributed by atoms with Gasteiger partial charge < -0.3 is 19.9 Å². The number of halogens is 1. The number of nitrogens with two attached hydrogens (primary N) is 1. The van der Waals surface area contributed by atoms with Crippen molar-refractivity contribution in [1.82, 2.24) is 19.4 Å². The predicted molar refractivity (Wildman–Crippen MR) is 160 cm³/mol. The molecule has 0 spiro atoms. The lowest BCUT2D eigenvalue weighted by Gasteiger charge is -2.28. The summed E-state index contributed by atoms with van der Waals surface area (Å²) >= 11 is 6.38. The highest BCUT2D eigenvalue weighted by molar-refractivity contribution is 6.32. The van der Waals surface area contributed by atoms with Gasteiger partial charge in [0.05, 0.1) is 19.7 Å². The van der Waals surface area contributed by atoms with Crippen LogP contribution in [0.4, 0.5) is 0 Å². The van der Waals surface area contributed by atoms with E-state index in [1.165, 1.54) is 4.90 Å². The van der Waals surface area contributed by atoms with E-state index in [1.54, 1.807) is 34.6 Å². The van der Waals surface area contributed by atoms with Crippen LogP contribution in [0.3, 0.4) is 0 Å². The molecule has 0 fully saturated rings. The monoisotopic (exact) mass is 596 g/mol. The van der Waals surface area contributed by atoms with Gasteiger partial charge in [-0.2, -0.15) is 0 Å². The van der Waals surface area contributed by atoms with Crippen molar-refractivity contribution < 1.29 is 19.1 Å². The summed E-state index contributed by atoms with van der Waals surface area (Å²) in [6, 6.07) is 25.8. The summed E-state index contributed by atoms with van der Waals surface area (Å²) in [5, 5.41) is 0.208. The molecule has 3 aromatic carbocycles. The zero-order valence-corrected chi connectivity index (χ0v) is 24.2. The largest absolute Gasteiger partial charge is 0.461 e. The van der Waals surface area contributed by atoms with Gasteiger partial charge in [0, 0.05) is 18.7 Å². The van der Waals surface area contributed by atoms with Gasteiger partial charge in [0.1, 0.15) is 11.0 Å². The maximum atomic E-state index is 14.1. The van der Waals surface area contributed by atoms with Gasteiger partial charge >= 0.3 is 5.97 Å². The van der Waals surface area contributed by atoms with Gasteiger partial charge in [-0.25, -0.2) is 14.8 Å². The van der Waals surface area contributed by atoms with Crippen molar-refractivity contribution in [3.05, 3.63) is 124 Å². The number of ether oxygens (including phenoxy) is 1. The van der Waals surface area contributed by atoms with Crippen molar-refractivity contribution in [3.8, 4) is 0 Å². The molecular formula is C32H29ClN6O4. The van der Waals surface area contributed by atoms with E-state index in [1.807, 2.05) is 66.7 Å². The minimum Gasteiger partial charge on any atom is -0.461 e. The summed E-state index contributed by atoms with van der Waals surface area (Å²) < 4.78 is 6.77. The number of amides is 2. The molecule has 218 valence electrons. The van der Waals surface area contributed by atoms with Crippen molar-refractivity contribution in [2.45, 2.75) is 32.1 Å². The number of benzene rings is 3. The first-order chi connectivity index (χ1) is 20.8. The second-order valence-corrected chi connectivity index (χ2v) is 10.6. The highest BCUT2D eigenvalue weighted by atomic mass is 35.5. The molecule has 2 amide bonds. The predicted octanol–water partition coefficient (Wildman–Crippen LogP) is 3.97. The molecule has 11 heteroatoms. The van der Waals surface area contributed by atoms with Crippen molar-refractivity contribution in [3.63, 3.8) is 0 Å². The molecule has 2 aliphatic rings. The zero-order valence-electron chi connectivity index (χ0n) is 23.4. The normalized spacial score (nSPS) is 15.7. The standard InChI is InChI=1S/C32H29ClN6O4/c1-2-43-29(41)26-27(33)38-17-16-37(20-25(38)35-26)28(40)22-11-9-10-21(18-22)19-39-30(42)32(36-31(39)34,23-12-5-3-6-13-23)24-14-7-4-8-15-24/h3-15,18H,2,16-17,19-20H2,1H3,(H2,34,36). The number of nitrogens with zero attached hydrogens (tertiary/aromatic N) is 5. The van der Waals surface area contributed by atoms with E-state index in [2.05, 4.69) is 4.98 Å². The number of esters is 1. The average molecular weight is 597 g/mol. The summed E-state index contributed by atoms with van der Waals surface area (Å²) in [7, 11) is 0. The van der Waals surface area contributed by atoms with E-state index in [0.717, 1.165) is 16.7 Å². The third-order valence-electron chi connectivity index (χ3n) is 7.68. The van der Waals surface area contributed by atoms with Gasteiger partial charge in [-0.1, -0.05) is 84.4 Å². The van der Waals surface area contributed by atoms with Crippen molar-refractivity contribution in [1.29, 1.82) is 0 Å². The minimum absolute atomic E-state index is 0.0476. The molecule has 3 heterocycles. The SMILES string of the molecule is CCOC(=O)c1nc2n(c1Cl)CCN(C(=O)c1cccc(CN3C(=O)C(c4ccccc4)(c4ccccc4)N=C3N)c1)C2. The fraction of sp³-hybridized carbons (Fsp3) is 0.219. The Balaban J connectivity index is 1.23. The van der Waals surface area contributed by atoms with Crippen LogP contribution >= 0.6 is 11.6 Å². The van der Waals surface area contributed by atoms with Gasteiger partial charge in [0.15, 0.2) is 17.2 Å². The minimum atomic E-state index is -1.31. The van der Waals surface area contributed by atoms with E-state index in [-0.39, 0.29) is 48.3 Å². The molecular weight excluding hydrogens is 568 g/mol. The third-order valence-corrected chi connectivity index (χ3v) is 8.06. The summed E-state index contributed by atoms with van der Waals surface area (Å²) in [5.74, 6) is -0.457. The van der Waals surface area contributed by atoms with E-state index >= 15 is 0 Å². The first-order valence-electron chi connectivity index (χ1n) is 13.9. The lowest BCUT2D eigenvalue weighted by atomic mass is 9.83. The number of hydrogen-bond donors (Lipinski definition) is 1. The Labute approximate surface area is 253 Å². The smallest absolute Gasteiger partial charge is 0.360 e. The maximum Gasteiger partial charge on any atom is 0.360 e. The number of carbonyl (C=O) groups excluding carboxylic acids is 3. The summed E-state index contributed by atoms with van der Waals surface area (Å²) in [6.45, 7) is 3.01. The van der Waals surface area contributed by atoms with Crippen LogP contribution in [0.15, 0.2) is 89.9 Å². The van der Waals surface area contributed by atoms with Crippen LogP contribution in [0.5, 0.6) is 0 Å². The van der Waals surface area contributed by atoms with Crippen LogP contribution in [0.2, 0.25) is 5.15 Å². The Morgan fingerprint density at radius 2 is 1.65 bits per heavy atom. The Bertz CT molecular complexity index is 1700. The molecule has 0 radical (unpaired) electrons. The summed E-state index contributed by atoms with van der Waals surface area (Å²) in [5.41, 5.74) is 7.76. The number of fused-ring (bicyclic) bond motifs is 1. The molecule has 0 bridgehead atoms. The Kier molecular flexibility index (Phi) is 7.45. The summed E-state index contributed by atoms with van der Waals surface area (Å²) in [6.07, 6.45) is 0. The molecule has 0 aliphatic carbocycles. The highest BCUT2D eigenvalue weighted by Crippen LogP contribution is 2.40. The molecule has 0 saturated carbocycles. The maximum absolute atomic E-state index is 14.1. The van der Waals surface area contributed by atoms with Gasteiger partial charge in [-0.15, -0.1) is 0 Å². The highest BCUT2D eigenvalue weighted by Gasteiger charge is 2.50. The molecule has 4 aromatic rings. The van der Waals surface area contributed by atoms with Crippen LogP contribution in [0.25, 0.3) is 0 Å². The fourth-order valence-corrected chi connectivity index (χ4v) is 5.90. The number of carbonyl (C=O) groups is 3.